The summed E-state index contributed by atoms with van der Waals surface area (Å²) in [6.45, 7) is 3.92. The highest BCUT2D eigenvalue weighted by molar-refractivity contribution is 5.96. The smallest absolute Gasteiger partial charge is 0.326 e. The Kier molecular flexibility index (Phi) is 15.4. The summed E-state index contributed by atoms with van der Waals surface area (Å²) in [5.41, 5.74) is 21.8. The molecule has 0 aromatic rings. The maximum absolute atomic E-state index is 12.9. The Balaban J connectivity index is 5.39. The molecule has 0 radical (unpaired) electrons. The van der Waals surface area contributed by atoms with Gasteiger partial charge in [0, 0.05) is 6.54 Å². The topological polar surface area (TPSA) is 282 Å². The number of carbonyl (C=O) groups excluding carboxylic acids is 4. The van der Waals surface area contributed by atoms with Gasteiger partial charge in [0.25, 0.3) is 0 Å². The molecule has 0 aliphatic carbocycles. The van der Waals surface area contributed by atoms with Crippen LogP contribution >= 0.6 is 0 Å². The fraction of sp³-hybridized carbons (Fsp3) is 0.714. The average Bonchev–Trinajstić information content (AvgIpc) is 2.77. The fourth-order valence-electron chi connectivity index (χ4n) is 3.17. The van der Waals surface area contributed by atoms with Crippen molar-refractivity contribution in [3.8, 4) is 0 Å². The second kappa shape index (κ2) is 17.0. The second-order valence-corrected chi connectivity index (χ2v) is 8.73. The van der Waals surface area contributed by atoms with E-state index in [1.165, 1.54) is 0 Å². The minimum Gasteiger partial charge on any atom is -0.480 e. The molecule has 0 spiro atoms. The molecule has 0 rings (SSSR count). The Morgan fingerprint density at radius 1 is 0.861 bits per heavy atom. The van der Waals surface area contributed by atoms with Gasteiger partial charge in [-0.2, -0.15) is 0 Å². The SMILES string of the molecule is CC(C)[C@H](NC(=O)[C@H](CCCCN)NC(=O)[C@H](CC(N)=O)NC(=O)[C@@H](N)CCCNC(=N)N)C(=O)O. The van der Waals surface area contributed by atoms with Crippen molar-refractivity contribution in [3.63, 3.8) is 0 Å². The van der Waals surface area contributed by atoms with E-state index in [0.717, 1.165) is 0 Å². The van der Waals surface area contributed by atoms with Crippen LogP contribution in [0.3, 0.4) is 0 Å². The first-order valence-electron chi connectivity index (χ1n) is 11.8. The number of primary amides is 1. The van der Waals surface area contributed by atoms with Gasteiger partial charge >= 0.3 is 5.97 Å². The fourth-order valence-corrected chi connectivity index (χ4v) is 3.17. The summed E-state index contributed by atoms with van der Waals surface area (Å²) >= 11 is 0. The van der Waals surface area contributed by atoms with Crippen molar-refractivity contribution in [3.05, 3.63) is 0 Å². The van der Waals surface area contributed by atoms with E-state index in [4.69, 9.17) is 28.3 Å². The summed E-state index contributed by atoms with van der Waals surface area (Å²) in [6, 6.07) is -4.74. The van der Waals surface area contributed by atoms with Gasteiger partial charge < -0.3 is 49.3 Å². The third kappa shape index (κ3) is 13.4. The first-order chi connectivity index (χ1) is 16.8. The molecule has 0 aromatic heterocycles. The van der Waals surface area contributed by atoms with Crippen LogP contribution in [0.2, 0.25) is 0 Å². The van der Waals surface area contributed by atoms with Gasteiger partial charge in [0.15, 0.2) is 5.96 Å². The Morgan fingerprint density at radius 3 is 1.94 bits per heavy atom. The standard InChI is InChI=1S/C21H41N9O6/c1-11(2)16(20(35)36)30-18(33)13(7-3-4-8-22)28-19(34)14(10-15(24)31)29-17(32)12(23)6-5-9-27-21(25)26/h11-14,16H,3-10,22-23H2,1-2H3,(H2,24,31)(H,28,34)(H,29,32)(H,30,33)(H,35,36)(H4,25,26,27)/t12-,13-,14-,16-/m0/s1. The average molecular weight is 516 g/mol. The van der Waals surface area contributed by atoms with E-state index in [2.05, 4.69) is 21.3 Å². The van der Waals surface area contributed by atoms with Crippen molar-refractivity contribution in [2.75, 3.05) is 13.1 Å². The zero-order valence-electron chi connectivity index (χ0n) is 20.8. The Hall–Kier alpha value is -3.46. The number of hydrogen-bond acceptors (Lipinski definition) is 8. The zero-order chi connectivity index (χ0) is 27.8. The summed E-state index contributed by atoms with van der Waals surface area (Å²) in [4.78, 5) is 61.2. The number of rotatable bonds is 18. The summed E-state index contributed by atoms with van der Waals surface area (Å²) in [5.74, 6) is -5.02. The van der Waals surface area contributed by atoms with Crippen molar-refractivity contribution in [1.82, 2.24) is 21.3 Å². The van der Waals surface area contributed by atoms with Gasteiger partial charge in [-0.3, -0.25) is 24.6 Å². The molecule has 0 aliphatic rings. The number of nitrogens with one attached hydrogen (secondary N) is 5. The summed E-state index contributed by atoms with van der Waals surface area (Å²) < 4.78 is 0. The molecule has 0 unspecified atom stereocenters. The van der Waals surface area contributed by atoms with Crippen LogP contribution in [0.15, 0.2) is 0 Å². The first kappa shape index (κ1) is 32.5. The van der Waals surface area contributed by atoms with Gasteiger partial charge in [-0.15, -0.1) is 0 Å². The number of carboxylic acid groups (broad SMARTS) is 1. The van der Waals surface area contributed by atoms with Crippen molar-refractivity contribution in [2.24, 2.45) is 28.9 Å². The molecule has 0 heterocycles. The van der Waals surface area contributed by atoms with Gasteiger partial charge in [0.2, 0.25) is 23.6 Å². The van der Waals surface area contributed by atoms with E-state index < -0.39 is 66.1 Å². The largest absolute Gasteiger partial charge is 0.480 e. The lowest BCUT2D eigenvalue weighted by molar-refractivity contribution is -0.143. The molecule has 0 saturated heterocycles. The van der Waals surface area contributed by atoms with E-state index in [1.807, 2.05) is 0 Å². The Morgan fingerprint density at radius 2 is 1.44 bits per heavy atom. The maximum atomic E-state index is 12.9. The highest BCUT2D eigenvalue weighted by atomic mass is 16.4. The van der Waals surface area contributed by atoms with Crippen molar-refractivity contribution >= 4 is 35.6 Å². The van der Waals surface area contributed by atoms with E-state index in [-0.39, 0.29) is 18.8 Å². The number of unbranched alkanes of at least 4 members (excludes halogenated alkanes) is 1. The lowest BCUT2D eigenvalue weighted by atomic mass is 10.0. The number of guanidine groups is 1. The molecule has 0 fully saturated rings. The van der Waals surface area contributed by atoms with E-state index in [1.54, 1.807) is 13.8 Å². The lowest BCUT2D eigenvalue weighted by Crippen LogP contribution is -2.58. The van der Waals surface area contributed by atoms with Crippen LogP contribution in [0.1, 0.15) is 52.4 Å². The van der Waals surface area contributed by atoms with Gasteiger partial charge in [0.05, 0.1) is 12.5 Å². The van der Waals surface area contributed by atoms with E-state index in [0.29, 0.717) is 32.4 Å². The third-order valence-corrected chi connectivity index (χ3v) is 5.19. The van der Waals surface area contributed by atoms with E-state index >= 15 is 0 Å². The monoisotopic (exact) mass is 515 g/mol. The molecule has 0 bridgehead atoms. The van der Waals surface area contributed by atoms with E-state index in [9.17, 15) is 29.1 Å². The number of hydrogen-bond donors (Lipinski definition) is 10. The van der Waals surface area contributed by atoms with Gasteiger partial charge in [-0.25, -0.2) is 4.79 Å². The van der Waals surface area contributed by atoms with Crippen LogP contribution < -0.4 is 44.2 Å². The number of amides is 4. The van der Waals surface area contributed by atoms with Gasteiger partial charge in [-0.1, -0.05) is 13.8 Å². The number of carboxylic acids is 1. The zero-order valence-corrected chi connectivity index (χ0v) is 20.8. The highest BCUT2D eigenvalue weighted by Gasteiger charge is 2.31. The highest BCUT2D eigenvalue weighted by Crippen LogP contribution is 2.07. The first-order valence-corrected chi connectivity index (χ1v) is 11.8. The molecule has 0 saturated carbocycles. The predicted molar refractivity (Wildman–Crippen MR) is 132 cm³/mol. The van der Waals surface area contributed by atoms with Crippen LogP contribution in [0, 0.1) is 11.3 Å². The molecule has 0 aliphatic heterocycles. The van der Waals surface area contributed by atoms with Gasteiger partial charge in [0.1, 0.15) is 18.1 Å². The van der Waals surface area contributed by atoms with Crippen LogP contribution in [0.25, 0.3) is 0 Å². The Bertz CT molecular complexity index is 777. The minimum absolute atomic E-state index is 0.152. The molecule has 4 atom stereocenters. The molecule has 15 nitrogen and oxygen atoms in total. The number of aliphatic carboxylic acids is 1. The third-order valence-electron chi connectivity index (χ3n) is 5.19. The number of carbonyl (C=O) groups is 5. The Labute approximate surface area is 210 Å². The lowest BCUT2D eigenvalue weighted by Gasteiger charge is -2.25. The van der Waals surface area contributed by atoms with Crippen LogP contribution in [-0.4, -0.2) is 77.9 Å². The molecular formula is C21H41N9O6. The van der Waals surface area contributed by atoms with Crippen molar-refractivity contribution in [2.45, 2.75) is 76.5 Å². The molecular weight excluding hydrogens is 474 g/mol. The van der Waals surface area contributed by atoms with Crippen LogP contribution in [-0.2, 0) is 24.0 Å². The maximum Gasteiger partial charge on any atom is 0.326 e. The van der Waals surface area contributed by atoms with Gasteiger partial charge in [-0.05, 0) is 44.6 Å². The second-order valence-electron chi connectivity index (χ2n) is 8.73. The summed E-state index contributed by atoms with van der Waals surface area (Å²) in [6.07, 6.45) is 1.23. The normalized spacial score (nSPS) is 14.1. The molecule has 4 amide bonds. The molecule has 15 heteroatoms. The molecule has 206 valence electrons. The van der Waals surface area contributed by atoms with Crippen LogP contribution in [0.4, 0.5) is 0 Å². The van der Waals surface area contributed by atoms with Crippen molar-refractivity contribution in [1.29, 1.82) is 5.41 Å². The predicted octanol–water partition coefficient (Wildman–Crippen LogP) is -3.22. The molecule has 36 heavy (non-hydrogen) atoms. The number of nitrogens with two attached hydrogens (primary N) is 4. The van der Waals surface area contributed by atoms with Crippen LogP contribution in [0.5, 0.6) is 0 Å². The van der Waals surface area contributed by atoms with Crippen molar-refractivity contribution < 1.29 is 29.1 Å². The minimum atomic E-state index is -1.40. The molecule has 0 aromatic carbocycles. The summed E-state index contributed by atoms with van der Waals surface area (Å²) in [5, 5.41) is 26.3. The molecule has 14 N–H and O–H groups in total. The summed E-state index contributed by atoms with van der Waals surface area (Å²) in [7, 11) is 0. The quantitative estimate of drug-likeness (QED) is 0.0494.